The van der Waals surface area contributed by atoms with Crippen LogP contribution in [0.3, 0.4) is 0 Å². The number of nitrogens with one attached hydrogen (secondary N) is 1. The van der Waals surface area contributed by atoms with Gasteiger partial charge in [-0.3, -0.25) is 4.79 Å². The minimum Gasteiger partial charge on any atom is -0.374 e. The van der Waals surface area contributed by atoms with Gasteiger partial charge in [0.2, 0.25) is 10.0 Å². The average molecular weight is 388 g/mol. The molecule has 1 atom stereocenters. The molecule has 0 saturated carbocycles. The predicted molar refractivity (Wildman–Crippen MR) is 95.3 cm³/mol. The first-order valence-electron chi connectivity index (χ1n) is 8.18. The zero-order chi connectivity index (χ0) is 18.0. The maximum atomic E-state index is 12.4. The Balaban J connectivity index is 1.50. The van der Waals surface area contributed by atoms with Gasteiger partial charge in [-0.1, -0.05) is 17.7 Å². The molecular formula is C16H22ClN3O4S. The Kier molecular flexibility index (Phi) is 5.65. The Hall–Kier alpha value is -1.19. The van der Waals surface area contributed by atoms with Gasteiger partial charge < -0.3 is 14.5 Å². The van der Waals surface area contributed by atoms with Crippen molar-refractivity contribution in [2.24, 2.45) is 0 Å². The molecule has 0 radical (unpaired) electrons. The first-order chi connectivity index (χ1) is 11.8. The molecule has 2 fully saturated rings. The molecule has 1 aromatic carbocycles. The first-order valence-corrected chi connectivity index (χ1v) is 10.1. The third kappa shape index (κ3) is 4.51. The van der Waals surface area contributed by atoms with Gasteiger partial charge >= 0.3 is 0 Å². The summed E-state index contributed by atoms with van der Waals surface area (Å²) in [6.07, 6.45) is -0.141. The van der Waals surface area contributed by atoms with E-state index in [1.807, 2.05) is 7.05 Å². The van der Waals surface area contributed by atoms with Crippen LogP contribution in [0.25, 0.3) is 0 Å². The molecule has 7 nitrogen and oxygen atoms in total. The molecule has 1 unspecified atom stereocenters. The lowest BCUT2D eigenvalue weighted by atomic mass is 10.1. The SMILES string of the molecule is CN1CCOC(CNS(=O)(=O)C2CN(C(=O)c3cccc(Cl)c3)C2)C1. The van der Waals surface area contributed by atoms with Gasteiger partial charge in [-0.25, -0.2) is 13.1 Å². The van der Waals surface area contributed by atoms with E-state index in [1.54, 1.807) is 24.3 Å². The van der Waals surface area contributed by atoms with Crippen LogP contribution in [-0.2, 0) is 14.8 Å². The lowest BCUT2D eigenvalue weighted by Crippen LogP contribution is -2.60. The standard InChI is InChI=1S/C16H22ClN3O4S/c1-19-5-6-24-14(9-19)8-18-25(22,23)15-10-20(11-15)16(21)12-3-2-4-13(17)7-12/h2-4,7,14-15,18H,5-6,8-11H2,1H3. The van der Waals surface area contributed by atoms with Gasteiger partial charge in [0, 0.05) is 43.3 Å². The highest BCUT2D eigenvalue weighted by Crippen LogP contribution is 2.20. The van der Waals surface area contributed by atoms with Gasteiger partial charge in [-0.15, -0.1) is 0 Å². The van der Waals surface area contributed by atoms with Crippen LogP contribution in [0.5, 0.6) is 0 Å². The number of morpholine rings is 1. The lowest BCUT2D eigenvalue weighted by molar-refractivity contribution is -0.0157. The van der Waals surface area contributed by atoms with E-state index in [1.165, 1.54) is 4.90 Å². The molecule has 3 rings (SSSR count). The fourth-order valence-electron chi connectivity index (χ4n) is 2.92. The van der Waals surface area contributed by atoms with E-state index in [4.69, 9.17) is 16.3 Å². The van der Waals surface area contributed by atoms with Crippen LogP contribution >= 0.6 is 11.6 Å². The van der Waals surface area contributed by atoms with Gasteiger partial charge in [-0.05, 0) is 25.2 Å². The molecule has 1 aromatic rings. The Morgan fingerprint density at radius 3 is 2.80 bits per heavy atom. The number of carbonyl (C=O) groups excluding carboxylic acids is 1. The second-order valence-electron chi connectivity index (χ2n) is 6.49. The van der Waals surface area contributed by atoms with Crippen LogP contribution in [0.1, 0.15) is 10.4 Å². The summed E-state index contributed by atoms with van der Waals surface area (Å²) in [6, 6.07) is 6.65. The summed E-state index contributed by atoms with van der Waals surface area (Å²) >= 11 is 5.89. The third-order valence-corrected chi connectivity index (χ3v) is 6.48. The van der Waals surface area contributed by atoms with Crippen LogP contribution in [0.2, 0.25) is 5.02 Å². The lowest BCUT2D eigenvalue weighted by Gasteiger charge is -2.39. The number of sulfonamides is 1. The van der Waals surface area contributed by atoms with E-state index in [0.717, 1.165) is 6.54 Å². The van der Waals surface area contributed by atoms with E-state index >= 15 is 0 Å². The molecule has 0 aliphatic carbocycles. The van der Waals surface area contributed by atoms with Crippen molar-refractivity contribution in [1.82, 2.24) is 14.5 Å². The van der Waals surface area contributed by atoms with Gasteiger partial charge in [0.25, 0.3) is 5.91 Å². The first kappa shape index (κ1) is 18.6. The quantitative estimate of drug-likeness (QED) is 0.792. The van der Waals surface area contributed by atoms with Crippen molar-refractivity contribution in [3.05, 3.63) is 34.9 Å². The zero-order valence-electron chi connectivity index (χ0n) is 14.0. The number of likely N-dealkylation sites (N-methyl/N-ethyl adjacent to an activating group) is 1. The van der Waals surface area contributed by atoms with Gasteiger partial charge in [0.15, 0.2) is 0 Å². The fourth-order valence-corrected chi connectivity index (χ4v) is 4.52. The van der Waals surface area contributed by atoms with Crippen molar-refractivity contribution in [2.75, 3.05) is 46.4 Å². The maximum Gasteiger partial charge on any atom is 0.253 e. The molecule has 1 N–H and O–H groups in total. The molecule has 9 heteroatoms. The van der Waals surface area contributed by atoms with E-state index in [9.17, 15) is 13.2 Å². The fraction of sp³-hybridized carbons (Fsp3) is 0.562. The maximum absolute atomic E-state index is 12.4. The summed E-state index contributed by atoms with van der Waals surface area (Å²) in [6.45, 7) is 2.79. The molecular weight excluding hydrogens is 366 g/mol. The summed E-state index contributed by atoms with van der Waals surface area (Å²) in [5.41, 5.74) is 0.468. The van der Waals surface area contributed by atoms with Gasteiger partial charge in [0.05, 0.1) is 12.7 Å². The van der Waals surface area contributed by atoms with Gasteiger partial charge in [0.1, 0.15) is 5.25 Å². The highest BCUT2D eigenvalue weighted by Gasteiger charge is 2.40. The number of halogens is 1. The monoisotopic (exact) mass is 387 g/mol. The minimum absolute atomic E-state index is 0.141. The van der Waals surface area contributed by atoms with Crippen molar-refractivity contribution in [3.8, 4) is 0 Å². The molecule has 25 heavy (non-hydrogen) atoms. The molecule has 0 spiro atoms. The van der Waals surface area contributed by atoms with Crippen LogP contribution in [0, 0.1) is 0 Å². The summed E-state index contributed by atoms with van der Waals surface area (Å²) in [5.74, 6) is -0.203. The van der Waals surface area contributed by atoms with Crippen LogP contribution in [-0.4, -0.2) is 81.9 Å². The number of amides is 1. The second kappa shape index (κ2) is 7.59. The number of hydrogen-bond donors (Lipinski definition) is 1. The summed E-state index contributed by atoms with van der Waals surface area (Å²) in [4.78, 5) is 15.9. The number of likely N-dealkylation sites (tertiary alicyclic amines) is 1. The largest absolute Gasteiger partial charge is 0.374 e. The number of carbonyl (C=O) groups is 1. The summed E-state index contributed by atoms with van der Waals surface area (Å²) < 4.78 is 32.9. The molecule has 2 aliphatic rings. The van der Waals surface area contributed by atoms with E-state index in [2.05, 4.69) is 9.62 Å². The van der Waals surface area contributed by atoms with Crippen molar-refractivity contribution in [1.29, 1.82) is 0 Å². The molecule has 2 saturated heterocycles. The Bertz CT molecular complexity index is 737. The Morgan fingerprint density at radius 2 is 2.12 bits per heavy atom. The number of ether oxygens (including phenoxy) is 1. The Morgan fingerprint density at radius 1 is 1.36 bits per heavy atom. The normalized spacial score (nSPS) is 22.6. The van der Waals surface area contributed by atoms with E-state index in [0.29, 0.717) is 23.7 Å². The van der Waals surface area contributed by atoms with Crippen LogP contribution in [0.4, 0.5) is 0 Å². The molecule has 2 aliphatic heterocycles. The van der Waals surface area contributed by atoms with Crippen LogP contribution in [0.15, 0.2) is 24.3 Å². The predicted octanol–water partition coefficient (Wildman–Crippen LogP) is 0.414. The second-order valence-corrected chi connectivity index (χ2v) is 8.97. The molecule has 138 valence electrons. The highest BCUT2D eigenvalue weighted by atomic mass is 35.5. The third-order valence-electron chi connectivity index (χ3n) is 4.50. The van der Waals surface area contributed by atoms with Crippen molar-refractivity contribution >= 4 is 27.5 Å². The molecule has 1 amide bonds. The van der Waals surface area contributed by atoms with E-state index < -0.39 is 15.3 Å². The molecule has 0 bridgehead atoms. The van der Waals surface area contributed by atoms with Crippen molar-refractivity contribution in [2.45, 2.75) is 11.4 Å². The average Bonchev–Trinajstić information content (AvgIpc) is 2.51. The number of benzene rings is 1. The van der Waals surface area contributed by atoms with Crippen molar-refractivity contribution in [3.63, 3.8) is 0 Å². The smallest absolute Gasteiger partial charge is 0.253 e. The molecule has 0 aromatic heterocycles. The molecule has 2 heterocycles. The highest BCUT2D eigenvalue weighted by molar-refractivity contribution is 7.90. The van der Waals surface area contributed by atoms with Crippen LogP contribution < -0.4 is 4.72 Å². The van der Waals surface area contributed by atoms with E-state index in [-0.39, 0.29) is 31.6 Å². The summed E-state index contributed by atoms with van der Waals surface area (Å²) in [7, 11) is -1.48. The Labute approximate surface area is 152 Å². The number of hydrogen-bond acceptors (Lipinski definition) is 5. The van der Waals surface area contributed by atoms with Crippen molar-refractivity contribution < 1.29 is 17.9 Å². The number of nitrogens with zero attached hydrogens (tertiary/aromatic N) is 2. The number of rotatable bonds is 5. The topological polar surface area (TPSA) is 79.0 Å². The zero-order valence-corrected chi connectivity index (χ0v) is 15.6. The van der Waals surface area contributed by atoms with Gasteiger partial charge in [-0.2, -0.15) is 0 Å². The minimum atomic E-state index is -3.47. The summed E-state index contributed by atoms with van der Waals surface area (Å²) in [5, 5.41) is -0.105.